The summed E-state index contributed by atoms with van der Waals surface area (Å²) < 4.78 is 20.8. The van der Waals surface area contributed by atoms with Gasteiger partial charge in [0.05, 0.1) is 12.8 Å². The molecule has 7 nitrogen and oxygen atoms in total. The number of aryl methyl sites for hydroxylation is 1. The number of aromatic nitrogens is 3. The van der Waals surface area contributed by atoms with Crippen molar-refractivity contribution >= 4 is 0 Å². The number of nitrogens with one attached hydrogen (secondary N) is 1. The molecule has 0 saturated carbocycles. The predicted molar refractivity (Wildman–Crippen MR) is 93.6 cm³/mol. The van der Waals surface area contributed by atoms with E-state index in [0.29, 0.717) is 11.0 Å². The summed E-state index contributed by atoms with van der Waals surface area (Å²) in [7, 11) is 1.27. The third-order valence-corrected chi connectivity index (χ3v) is 3.95. The zero-order chi connectivity index (χ0) is 18.7. The van der Waals surface area contributed by atoms with E-state index in [0.717, 1.165) is 10.1 Å². The van der Waals surface area contributed by atoms with Gasteiger partial charge in [0.25, 0.3) is 0 Å². The van der Waals surface area contributed by atoms with Gasteiger partial charge in [-0.05, 0) is 24.1 Å². The van der Waals surface area contributed by atoms with Crippen LogP contribution >= 0.6 is 0 Å². The Hall–Kier alpha value is -3.42. The van der Waals surface area contributed by atoms with Crippen molar-refractivity contribution in [1.29, 1.82) is 0 Å². The third kappa shape index (κ3) is 3.21. The van der Waals surface area contributed by atoms with Crippen LogP contribution in [-0.4, -0.2) is 21.2 Å². The molecular formula is C18H16FN3O4. The van der Waals surface area contributed by atoms with Crippen molar-refractivity contribution in [3.63, 3.8) is 0 Å². The molecule has 3 aromatic rings. The molecule has 8 heteroatoms. The Balaban J connectivity index is 2.10. The molecule has 1 heterocycles. The molecule has 1 aromatic heterocycles. The zero-order valence-corrected chi connectivity index (χ0v) is 13.9. The van der Waals surface area contributed by atoms with Gasteiger partial charge in [-0.25, -0.2) is 27.9 Å². The first-order chi connectivity index (χ1) is 12.5. The summed E-state index contributed by atoms with van der Waals surface area (Å²) in [4.78, 5) is 38.9. The third-order valence-electron chi connectivity index (χ3n) is 3.95. The molecule has 0 spiro atoms. The molecule has 0 aliphatic rings. The summed E-state index contributed by atoms with van der Waals surface area (Å²) in [5.74, 6) is -0.980. The van der Waals surface area contributed by atoms with Crippen LogP contribution in [0, 0.1) is 5.82 Å². The summed E-state index contributed by atoms with van der Waals surface area (Å²) in [6.45, 7) is 0.0457. The van der Waals surface area contributed by atoms with E-state index >= 15 is 0 Å². The van der Waals surface area contributed by atoms with Gasteiger partial charge in [-0.1, -0.05) is 36.4 Å². The predicted octanol–water partition coefficient (Wildman–Crippen LogP) is 1.08. The fourth-order valence-corrected chi connectivity index (χ4v) is 2.63. The highest BCUT2D eigenvalue weighted by Gasteiger charge is 2.17. The number of hydrogen-bond acceptors (Lipinski definition) is 4. The topological polar surface area (TPSA) is 86.1 Å². The number of H-pyrrole nitrogens is 1. The molecule has 134 valence electrons. The number of nitrogens with zero attached hydrogens (tertiary/aromatic N) is 2. The van der Waals surface area contributed by atoms with Gasteiger partial charge in [0.1, 0.15) is 0 Å². The number of rotatable bonds is 5. The van der Waals surface area contributed by atoms with Crippen molar-refractivity contribution in [2.45, 2.75) is 13.0 Å². The van der Waals surface area contributed by atoms with E-state index in [1.165, 1.54) is 25.3 Å². The minimum Gasteiger partial charge on any atom is -0.494 e. The summed E-state index contributed by atoms with van der Waals surface area (Å²) in [6.07, 6.45) is 0.405. The Kier molecular flexibility index (Phi) is 4.83. The Morgan fingerprint density at radius 3 is 2.42 bits per heavy atom. The fourth-order valence-electron chi connectivity index (χ4n) is 2.63. The Bertz CT molecular complexity index is 1100. The first-order valence-electron chi connectivity index (χ1n) is 7.86. The maximum Gasteiger partial charge on any atom is 0.341 e. The minimum atomic E-state index is -1.01. The monoisotopic (exact) mass is 357 g/mol. The summed E-state index contributed by atoms with van der Waals surface area (Å²) >= 11 is 0. The highest BCUT2D eigenvalue weighted by molar-refractivity contribution is 5.41. The standard InChI is InChI=1S/C18H16FN3O4/c1-26-14-9-5-8-13(15(14)19)22-17(24)20-16(23)21(18(22)25)11-10-12-6-3-2-4-7-12/h2-9H,10-11H2,1H3,(H,20,23,24). The van der Waals surface area contributed by atoms with Crippen molar-refractivity contribution in [3.8, 4) is 11.4 Å². The fraction of sp³-hybridized carbons (Fsp3) is 0.167. The van der Waals surface area contributed by atoms with Crippen LogP contribution in [0.15, 0.2) is 62.9 Å². The molecule has 26 heavy (non-hydrogen) atoms. The smallest absolute Gasteiger partial charge is 0.341 e. The van der Waals surface area contributed by atoms with Crippen LogP contribution < -0.4 is 21.8 Å². The average molecular weight is 357 g/mol. The highest BCUT2D eigenvalue weighted by Crippen LogP contribution is 2.21. The molecule has 0 amide bonds. The summed E-state index contributed by atoms with van der Waals surface area (Å²) in [5.41, 5.74) is -2.13. The molecule has 0 saturated heterocycles. The second-order valence-corrected chi connectivity index (χ2v) is 5.53. The van der Waals surface area contributed by atoms with Gasteiger partial charge in [0.2, 0.25) is 0 Å². The maximum absolute atomic E-state index is 14.5. The molecule has 0 aliphatic carbocycles. The van der Waals surface area contributed by atoms with Crippen LogP contribution in [0.4, 0.5) is 4.39 Å². The van der Waals surface area contributed by atoms with Crippen molar-refractivity contribution in [2.75, 3.05) is 7.11 Å². The molecule has 0 bridgehead atoms. The van der Waals surface area contributed by atoms with Gasteiger partial charge in [-0.3, -0.25) is 4.98 Å². The lowest BCUT2D eigenvalue weighted by molar-refractivity contribution is 0.385. The lowest BCUT2D eigenvalue weighted by atomic mass is 10.1. The quantitative estimate of drug-likeness (QED) is 0.740. The van der Waals surface area contributed by atoms with Crippen LogP contribution in [-0.2, 0) is 13.0 Å². The first-order valence-corrected chi connectivity index (χ1v) is 7.86. The van der Waals surface area contributed by atoms with E-state index in [9.17, 15) is 18.8 Å². The van der Waals surface area contributed by atoms with Gasteiger partial charge in [-0.2, -0.15) is 0 Å². The number of aromatic amines is 1. The summed E-state index contributed by atoms with van der Waals surface area (Å²) in [5, 5.41) is 0. The van der Waals surface area contributed by atoms with Gasteiger partial charge in [0.15, 0.2) is 11.6 Å². The molecule has 0 aliphatic heterocycles. The van der Waals surface area contributed by atoms with Gasteiger partial charge >= 0.3 is 17.1 Å². The van der Waals surface area contributed by atoms with E-state index < -0.39 is 22.9 Å². The molecular weight excluding hydrogens is 341 g/mol. The van der Waals surface area contributed by atoms with Gasteiger partial charge < -0.3 is 4.74 Å². The SMILES string of the molecule is COc1cccc(-n2c(=O)[nH]c(=O)n(CCc3ccccc3)c2=O)c1F. The second kappa shape index (κ2) is 7.22. The van der Waals surface area contributed by atoms with Crippen molar-refractivity contribution < 1.29 is 9.13 Å². The van der Waals surface area contributed by atoms with Gasteiger partial charge in [0, 0.05) is 6.54 Å². The van der Waals surface area contributed by atoms with E-state index in [-0.39, 0.29) is 18.0 Å². The van der Waals surface area contributed by atoms with Crippen molar-refractivity contribution in [2.24, 2.45) is 0 Å². The number of ether oxygens (including phenoxy) is 1. The highest BCUT2D eigenvalue weighted by atomic mass is 19.1. The van der Waals surface area contributed by atoms with Crippen LogP contribution in [0.2, 0.25) is 0 Å². The van der Waals surface area contributed by atoms with Crippen molar-refractivity contribution in [3.05, 3.63) is 91.4 Å². The molecule has 0 atom stereocenters. The Labute approximate surface area is 146 Å². The number of hydrogen-bond donors (Lipinski definition) is 1. The normalized spacial score (nSPS) is 10.7. The number of methoxy groups -OCH3 is 1. The van der Waals surface area contributed by atoms with Crippen LogP contribution in [0.25, 0.3) is 5.69 Å². The Morgan fingerprint density at radius 2 is 1.73 bits per heavy atom. The zero-order valence-electron chi connectivity index (χ0n) is 13.9. The molecule has 0 unspecified atom stereocenters. The minimum absolute atomic E-state index is 0.0457. The lowest BCUT2D eigenvalue weighted by Crippen LogP contribution is -2.49. The Morgan fingerprint density at radius 1 is 1.00 bits per heavy atom. The molecule has 0 radical (unpaired) electrons. The maximum atomic E-state index is 14.5. The molecule has 1 N–H and O–H groups in total. The van der Waals surface area contributed by atoms with Crippen LogP contribution in [0.3, 0.4) is 0 Å². The van der Waals surface area contributed by atoms with E-state index in [2.05, 4.69) is 4.98 Å². The number of halogens is 1. The average Bonchev–Trinajstić information content (AvgIpc) is 2.63. The van der Waals surface area contributed by atoms with Crippen molar-refractivity contribution in [1.82, 2.24) is 14.1 Å². The molecule has 2 aromatic carbocycles. The lowest BCUT2D eigenvalue weighted by Gasteiger charge is -2.11. The van der Waals surface area contributed by atoms with E-state index in [1.54, 1.807) is 0 Å². The summed E-state index contributed by atoms with van der Waals surface area (Å²) in [6, 6.07) is 13.3. The van der Waals surface area contributed by atoms with E-state index in [1.807, 2.05) is 30.3 Å². The second-order valence-electron chi connectivity index (χ2n) is 5.53. The molecule has 0 fully saturated rings. The van der Waals surface area contributed by atoms with Crippen LogP contribution in [0.1, 0.15) is 5.56 Å². The van der Waals surface area contributed by atoms with E-state index in [4.69, 9.17) is 4.74 Å². The first kappa shape index (κ1) is 17.4. The largest absolute Gasteiger partial charge is 0.494 e. The number of benzene rings is 2. The van der Waals surface area contributed by atoms with Crippen LogP contribution in [0.5, 0.6) is 5.75 Å². The molecule has 3 rings (SSSR count). The van der Waals surface area contributed by atoms with Gasteiger partial charge in [-0.15, -0.1) is 0 Å².